The van der Waals surface area contributed by atoms with E-state index >= 15 is 0 Å². The molecule has 0 spiro atoms. The summed E-state index contributed by atoms with van der Waals surface area (Å²) in [5.74, 6) is 0.638. The van der Waals surface area contributed by atoms with Gasteiger partial charge in [-0.15, -0.1) is 0 Å². The average molecular weight is 272 g/mol. The number of anilines is 1. The van der Waals surface area contributed by atoms with Crippen molar-refractivity contribution in [2.75, 3.05) is 5.32 Å². The van der Waals surface area contributed by atoms with Crippen molar-refractivity contribution in [3.8, 4) is 0 Å². The topological polar surface area (TPSA) is 68.3 Å². The quantitative estimate of drug-likeness (QED) is 0.896. The first-order chi connectivity index (χ1) is 9.52. The molecule has 1 aromatic heterocycles. The third-order valence-corrected chi connectivity index (χ3v) is 3.28. The first-order valence-corrected chi connectivity index (χ1v) is 6.78. The number of amides is 1. The van der Waals surface area contributed by atoms with Gasteiger partial charge in [-0.25, -0.2) is 0 Å². The van der Waals surface area contributed by atoms with Gasteiger partial charge in [0.05, 0.1) is 6.04 Å². The maximum atomic E-state index is 12.2. The summed E-state index contributed by atoms with van der Waals surface area (Å²) in [4.78, 5) is 12.2. The van der Waals surface area contributed by atoms with Gasteiger partial charge in [-0.1, -0.05) is 25.1 Å². The standard InChI is InChI=1S/C16H20N2O2/c1-4-12-7-5-6-10(2)15(12)18-16(19)14-9-8-13(20-14)11(3)17/h5-9,11H,4,17H2,1-3H3,(H,18,19). The minimum absolute atomic E-state index is 0.221. The molecule has 2 aromatic rings. The molecule has 0 bridgehead atoms. The Balaban J connectivity index is 2.23. The highest BCUT2D eigenvalue weighted by atomic mass is 16.4. The molecule has 0 radical (unpaired) electrons. The van der Waals surface area contributed by atoms with Crippen LogP contribution in [0.2, 0.25) is 0 Å². The summed E-state index contributed by atoms with van der Waals surface area (Å²) in [6, 6.07) is 9.14. The van der Waals surface area contributed by atoms with E-state index in [9.17, 15) is 4.79 Å². The van der Waals surface area contributed by atoms with Gasteiger partial charge in [0.15, 0.2) is 5.76 Å². The predicted octanol–water partition coefficient (Wildman–Crippen LogP) is 3.42. The Kier molecular flexibility index (Phi) is 4.25. The molecule has 106 valence electrons. The molecule has 4 heteroatoms. The fraction of sp³-hybridized carbons (Fsp3) is 0.312. The number of carbonyl (C=O) groups excluding carboxylic acids is 1. The molecule has 0 saturated heterocycles. The Morgan fingerprint density at radius 3 is 2.70 bits per heavy atom. The zero-order valence-corrected chi connectivity index (χ0v) is 12.1. The molecule has 2 rings (SSSR count). The van der Waals surface area contributed by atoms with Crippen LogP contribution in [-0.2, 0) is 6.42 Å². The fourth-order valence-corrected chi connectivity index (χ4v) is 2.10. The van der Waals surface area contributed by atoms with E-state index in [4.69, 9.17) is 10.2 Å². The van der Waals surface area contributed by atoms with Crippen LogP contribution in [0, 0.1) is 6.92 Å². The molecular weight excluding hydrogens is 252 g/mol. The molecule has 0 fully saturated rings. The Morgan fingerprint density at radius 2 is 2.10 bits per heavy atom. The minimum Gasteiger partial charge on any atom is -0.454 e. The van der Waals surface area contributed by atoms with Crippen molar-refractivity contribution in [2.45, 2.75) is 33.2 Å². The molecule has 1 amide bonds. The summed E-state index contributed by atoms with van der Waals surface area (Å²) in [5, 5.41) is 2.92. The highest BCUT2D eigenvalue weighted by Crippen LogP contribution is 2.22. The number of para-hydroxylation sites is 1. The number of benzene rings is 1. The molecule has 0 aliphatic heterocycles. The van der Waals surface area contributed by atoms with E-state index in [0.29, 0.717) is 5.76 Å². The lowest BCUT2D eigenvalue weighted by molar-refractivity contribution is 0.0994. The lowest BCUT2D eigenvalue weighted by Gasteiger charge is -2.12. The van der Waals surface area contributed by atoms with Crippen LogP contribution in [0.5, 0.6) is 0 Å². The summed E-state index contributed by atoms with van der Waals surface area (Å²) in [5.41, 5.74) is 8.73. The molecule has 3 N–H and O–H groups in total. The van der Waals surface area contributed by atoms with Gasteiger partial charge < -0.3 is 15.5 Å². The van der Waals surface area contributed by atoms with Crippen molar-refractivity contribution in [1.82, 2.24) is 0 Å². The molecule has 20 heavy (non-hydrogen) atoms. The monoisotopic (exact) mass is 272 g/mol. The second-order valence-corrected chi connectivity index (χ2v) is 4.91. The number of rotatable bonds is 4. The molecule has 0 saturated carbocycles. The van der Waals surface area contributed by atoms with Crippen LogP contribution < -0.4 is 11.1 Å². The molecule has 1 aromatic carbocycles. The van der Waals surface area contributed by atoms with Crippen LogP contribution in [-0.4, -0.2) is 5.91 Å². The maximum Gasteiger partial charge on any atom is 0.291 e. The number of aryl methyl sites for hydroxylation is 2. The molecule has 0 aliphatic rings. The van der Waals surface area contributed by atoms with E-state index in [1.165, 1.54) is 0 Å². The molecular formula is C16H20N2O2. The summed E-state index contributed by atoms with van der Waals surface area (Å²) in [7, 11) is 0. The first-order valence-electron chi connectivity index (χ1n) is 6.78. The first kappa shape index (κ1) is 14.3. The normalized spacial score (nSPS) is 12.2. The fourth-order valence-electron chi connectivity index (χ4n) is 2.10. The van der Waals surface area contributed by atoms with E-state index in [2.05, 4.69) is 12.2 Å². The largest absolute Gasteiger partial charge is 0.454 e. The maximum absolute atomic E-state index is 12.2. The number of nitrogens with one attached hydrogen (secondary N) is 1. The molecule has 1 unspecified atom stereocenters. The van der Waals surface area contributed by atoms with Crippen molar-refractivity contribution in [3.63, 3.8) is 0 Å². The van der Waals surface area contributed by atoms with Crippen LogP contribution in [0.15, 0.2) is 34.7 Å². The van der Waals surface area contributed by atoms with Crippen LogP contribution in [0.25, 0.3) is 0 Å². The number of nitrogens with two attached hydrogens (primary N) is 1. The van der Waals surface area contributed by atoms with Gasteiger partial charge >= 0.3 is 0 Å². The highest BCUT2D eigenvalue weighted by molar-refractivity contribution is 6.03. The summed E-state index contributed by atoms with van der Waals surface area (Å²) >= 11 is 0. The average Bonchev–Trinajstić information content (AvgIpc) is 2.91. The van der Waals surface area contributed by atoms with Crippen molar-refractivity contribution >= 4 is 11.6 Å². The summed E-state index contributed by atoms with van der Waals surface area (Å²) < 4.78 is 5.46. The van der Waals surface area contributed by atoms with Gasteiger partial charge in [0.1, 0.15) is 5.76 Å². The molecule has 4 nitrogen and oxygen atoms in total. The SMILES string of the molecule is CCc1cccc(C)c1NC(=O)c1ccc(C(C)N)o1. The Labute approximate surface area is 119 Å². The van der Waals surface area contributed by atoms with Crippen LogP contribution in [0.3, 0.4) is 0 Å². The lowest BCUT2D eigenvalue weighted by Crippen LogP contribution is -2.13. The van der Waals surface area contributed by atoms with Crippen LogP contribution >= 0.6 is 0 Å². The lowest BCUT2D eigenvalue weighted by atomic mass is 10.1. The van der Waals surface area contributed by atoms with E-state index < -0.39 is 0 Å². The number of hydrogen-bond acceptors (Lipinski definition) is 3. The number of hydrogen-bond donors (Lipinski definition) is 2. The zero-order chi connectivity index (χ0) is 14.7. The second kappa shape index (κ2) is 5.92. The molecule has 1 atom stereocenters. The molecule has 1 heterocycles. The minimum atomic E-state index is -0.249. The van der Waals surface area contributed by atoms with Gasteiger partial charge in [-0.05, 0) is 43.5 Å². The Hall–Kier alpha value is -2.07. The van der Waals surface area contributed by atoms with Gasteiger partial charge in [-0.2, -0.15) is 0 Å². The smallest absolute Gasteiger partial charge is 0.291 e. The number of carbonyl (C=O) groups is 1. The summed E-state index contributed by atoms with van der Waals surface area (Å²) in [6.45, 7) is 5.85. The van der Waals surface area contributed by atoms with Gasteiger partial charge in [0, 0.05) is 5.69 Å². The van der Waals surface area contributed by atoms with Crippen LogP contribution in [0.4, 0.5) is 5.69 Å². The summed E-state index contributed by atoms with van der Waals surface area (Å²) in [6.07, 6.45) is 0.862. The van der Waals surface area contributed by atoms with Gasteiger partial charge in [0.2, 0.25) is 0 Å². The van der Waals surface area contributed by atoms with Crippen molar-refractivity contribution in [2.24, 2.45) is 5.73 Å². The van der Waals surface area contributed by atoms with Crippen molar-refractivity contribution in [1.29, 1.82) is 0 Å². The van der Waals surface area contributed by atoms with Gasteiger partial charge in [-0.3, -0.25) is 4.79 Å². The van der Waals surface area contributed by atoms with Crippen molar-refractivity contribution in [3.05, 3.63) is 53.0 Å². The zero-order valence-electron chi connectivity index (χ0n) is 12.1. The van der Waals surface area contributed by atoms with Gasteiger partial charge in [0.25, 0.3) is 5.91 Å². The van der Waals surface area contributed by atoms with E-state index in [1.54, 1.807) is 12.1 Å². The Bertz CT molecular complexity index is 615. The highest BCUT2D eigenvalue weighted by Gasteiger charge is 2.15. The van der Waals surface area contributed by atoms with E-state index in [1.807, 2.05) is 32.0 Å². The van der Waals surface area contributed by atoms with E-state index in [0.717, 1.165) is 23.2 Å². The van der Waals surface area contributed by atoms with Crippen molar-refractivity contribution < 1.29 is 9.21 Å². The van der Waals surface area contributed by atoms with E-state index in [-0.39, 0.29) is 17.7 Å². The predicted molar refractivity (Wildman–Crippen MR) is 79.8 cm³/mol. The third kappa shape index (κ3) is 2.91. The molecule has 0 aliphatic carbocycles. The third-order valence-electron chi connectivity index (χ3n) is 3.28. The number of furan rings is 1. The van der Waals surface area contributed by atoms with Crippen LogP contribution in [0.1, 0.15) is 47.3 Å². The second-order valence-electron chi connectivity index (χ2n) is 4.91. The Morgan fingerprint density at radius 1 is 1.35 bits per heavy atom.